The molecule has 2 saturated heterocycles. The van der Waals surface area contributed by atoms with E-state index in [0.29, 0.717) is 19.7 Å². The number of nitrogens with zero attached hydrogens (tertiary/aromatic N) is 1. The van der Waals surface area contributed by atoms with Crippen molar-refractivity contribution in [2.24, 2.45) is 5.41 Å². The minimum Gasteiger partial charge on any atom is -0.478 e. The molecule has 0 aromatic carbocycles. The van der Waals surface area contributed by atoms with E-state index in [1.54, 1.807) is 4.90 Å². The number of rotatable bonds is 2. The number of carboxylic acids is 1. The fourth-order valence-electron chi connectivity index (χ4n) is 2.80. The van der Waals surface area contributed by atoms with Crippen LogP contribution in [0.15, 0.2) is 16.7 Å². The van der Waals surface area contributed by atoms with Crippen molar-refractivity contribution in [1.82, 2.24) is 4.90 Å². The predicted molar refractivity (Wildman–Crippen MR) is 64.1 cm³/mol. The van der Waals surface area contributed by atoms with Gasteiger partial charge in [-0.25, -0.2) is 4.79 Å². The lowest BCUT2D eigenvalue weighted by Crippen LogP contribution is -2.32. The van der Waals surface area contributed by atoms with E-state index < -0.39 is 5.97 Å². The summed E-state index contributed by atoms with van der Waals surface area (Å²) in [5.41, 5.74) is 0.0965. The Morgan fingerprint density at radius 3 is 2.84 bits per heavy atom. The minimum absolute atomic E-state index is 0.00135. The normalized spacial score (nSPS) is 26.2. The summed E-state index contributed by atoms with van der Waals surface area (Å²) in [4.78, 5) is 24.7. The molecular formula is C13H15NO5. The van der Waals surface area contributed by atoms with Gasteiger partial charge < -0.3 is 19.2 Å². The average molecular weight is 265 g/mol. The second-order valence-electron chi connectivity index (χ2n) is 5.28. The highest BCUT2D eigenvalue weighted by atomic mass is 16.5. The van der Waals surface area contributed by atoms with Gasteiger partial charge in [-0.3, -0.25) is 4.79 Å². The smallest absolute Gasteiger partial charge is 0.338 e. The maximum Gasteiger partial charge on any atom is 0.338 e. The van der Waals surface area contributed by atoms with Crippen LogP contribution >= 0.6 is 0 Å². The van der Waals surface area contributed by atoms with Gasteiger partial charge in [-0.1, -0.05) is 0 Å². The minimum atomic E-state index is -1.09. The van der Waals surface area contributed by atoms with E-state index in [0.717, 1.165) is 25.7 Å². The second-order valence-corrected chi connectivity index (χ2v) is 5.28. The Hall–Kier alpha value is -1.82. The molecule has 3 heterocycles. The Bertz CT molecular complexity index is 515. The Balaban J connectivity index is 1.72. The molecule has 1 N–H and O–H groups in total. The molecule has 19 heavy (non-hydrogen) atoms. The zero-order chi connectivity index (χ0) is 13.5. The van der Waals surface area contributed by atoms with Crippen LogP contribution in [0, 0.1) is 5.41 Å². The Morgan fingerprint density at radius 2 is 2.21 bits per heavy atom. The first-order valence-corrected chi connectivity index (χ1v) is 6.29. The first kappa shape index (κ1) is 12.2. The molecule has 1 spiro atoms. The number of aromatic carboxylic acids is 1. The van der Waals surface area contributed by atoms with Crippen LogP contribution < -0.4 is 0 Å². The lowest BCUT2D eigenvalue weighted by Gasteiger charge is -2.21. The molecule has 2 aliphatic rings. The summed E-state index contributed by atoms with van der Waals surface area (Å²) in [6.45, 7) is 2.79. The van der Waals surface area contributed by atoms with Crippen LogP contribution in [-0.4, -0.2) is 48.2 Å². The van der Waals surface area contributed by atoms with Gasteiger partial charge in [0, 0.05) is 31.2 Å². The summed E-state index contributed by atoms with van der Waals surface area (Å²) < 4.78 is 10.5. The van der Waals surface area contributed by atoms with E-state index in [9.17, 15) is 9.59 Å². The molecule has 3 rings (SSSR count). The summed E-state index contributed by atoms with van der Waals surface area (Å²) in [5.74, 6) is -1.24. The molecule has 1 aromatic rings. The van der Waals surface area contributed by atoms with E-state index in [1.165, 1.54) is 6.07 Å². The predicted octanol–water partition coefficient (Wildman–Crippen LogP) is 1.23. The molecule has 6 heteroatoms. The summed E-state index contributed by atoms with van der Waals surface area (Å²) in [5, 5.41) is 8.81. The number of hydrogen-bond acceptors (Lipinski definition) is 4. The second kappa shape index (κ2) is 4.38. The highest BCUT2D eigenvalue weighted by Crippen LogP contribution is 2.38. The standard InChI is InChI=1S/C13H15NO5/c15-11(10-5-9(6-19-10)12(16)17)14-3-1-13(7-14)2-4-18-8-13/h5-6H,1-4,7-8H2,(H,16,17). The highest BCUT2D eigenvalue weighted by Gasteiger charge is 2.43. The molecule has 2 aliphatic heterocycles. The van der Waals surface area contributed by atoms with Gasteiger partial charge in [0.05, 0.1) is 12.2 Å². The summed E-state index contributed by atoms with van der Waals surface area (Å²) in [6, 6.07) is 1.28. The molecule has 1 unspecified atom stereocenters. The Morgan fingerprint density at radius 1 is 1.37 bits per heavy atom. The molecule has 102 valence electrons. The summed E-state index contributed by atoms with van der Waals surface area (Å²) in [6.07, 6.45) is 3.01. The fourth-order valence-corrected chi connectivity index (χ4v) is 2.80. The third-order valence-electron chi connectivity index (χ3n) is 3.97. The molecule has 0 saturated carbocycles. The molecule has 6 nitrogen and oxygen atoms in total. The zero-order valence-corrected chi connectivity index (χ0v) is 10.4. The number of carboxylic acid groups (broad SMARTS) is 1. The molecule has 0 bridgehead atoms. The number of furan rings is 1. The number of carbonyl (C=O) groups excluding carboxylic acids is 1. The number of carbonyl (C=O) groups is 2. The number of amides is 1. The lowest BCUT2D eigenvalue weighted by atomic mass is 9.87. The zero-order valence-electron chi connectivity index (χ0n) is 10.4. The van der Waals surface area contributed by atoms with Crippen molar-refractivity contribution in [3.63, 3.8) is 0 Å². The van der Waals surface area contributed by atoms with Gasteiger partial charge >= 0.3 is 5.97 Å². The van der Waals surface area contributed by atoms with Crippen molar-refractivity contribution >= 4 is 11.9 Å². The Kier molecular flexibility index (Phi) is 2.82. The third kappa shape index (κ3) is 2.12. The van der Waals surface area contributed by atoms with Gasteiger partial charge in [-0.05, 0) is 12.8 Å². The third-order valence-corrected chi connectivity index (χ3v) is 3.97. The van der Waals surface area contributed by atoms with Gasteiger partial charge in [0.2, 0.25) is 0 Å². The van der Waals surface area contributed by atoms with Crippen LogP contribution in [0.4, 0.5) is 0 Å². The first-order valence-electron chi connectivity index (χ1n) is 6.29. The molecule has 2 fully saturated rings. The number of ether oxygens (including phenoxy) is 1. The summed E-state index contributed by atoms with van der Waals surface area (Å²) in [7, 11) is 0. The first-order chi connectivity index (χ1) is 9.10. The molecule has 1 amide bonds. The van der Waals surface area contributed by atoms with E-state index in [-0.39, 0.29) is 22.6 Å². The lowest BCUT2D eigenvalue weighted by molar-refractivity contribution is 0.0694. The topological polar surface area (TPSA) is 80.0 Å². The van der Waals surface area contributed by atoms with Crippen molar-refractivity contribution in [1.29, 1.82) is 0 Å². The number of likely N-dealkylation sites (tertiary alicyclic amines) is 1. The molecule has 1 atom stereocenters. The SMILES string of the molecule is O=C(O)c1coc(C(=O)N2CCC3(CCOC3)C2)c1. The van der Waals surface area contributed by atoms with Crippen molar-refractivity contribution in [3.05, 3.63) is 23.7 Å². The van der Waals surface area contributed by atoms with E-state index in [2.05, 4.69) is 0 Å². The maximum atomic E-state index is 12.2. The van der Waals surface area contributed by atoms with Gasteiger partial charge in [-0.2, -0.15) is 0 Å². The van der Waals surface area contributed by atoms with Crippen molar-refractivity contribution in [2.45, 2.75) is 12.8 Å². The molecule has 0 aliphatic carbocycles. The van der Waals surface area contributed by atoms with Gasteiger partial charge in [0.25, 0.3) is 5.91 Å². The van der Waals surface area contributed by atoms with Crippen molar-refractivity contribution in [3.8, 4) is 0 Å². The van der Waals surface area contributed by atoms with Crippen LogP contribution in [0.25, 0.3) is 0 Å². The Labute approximate surface area is 109 Å². The monoisotopic (exact) mass is 265 g/mol. The maximum absolute atomic E-state index is 12.2. The quantitative estimate of drug-likeness (QED) is 0.870. The van der Waals surface area contributed by atoms with Crippen LogP contribution in [0.2, 0.25) is 0 Å². The van der Waals surface area contributed by atoms with E-state index in [4.69, 9.17) is 14.3 Å². The van der Waals surface area contributed by atoms with Crippen LogP contribution in [0.5, 0.6) is 0 Å². The molecule has 1 aromatic heterocycles. The average Bonchev–Trinajstić information content (AvgIpc) is 3.11. The fraction of sp³-hybridized carbons (Fsp3) is 0.538. The van der Waals surface area contributed by atoms with Crippen LogP contribution in [-0.2, 0) is 4.74 Å². The van der Waals surface area contributed by atoms with Crippen LogP contribution in [0.1, 0.15) is 33.8 Å². The highest BCUT2D eigenvalue weighted by molar-refractivity contribution is 5.95. The van der Waals surface area contributed by atoms with Gasteiger partial charge in [0.1, 0.15) is 6.26 Å². The molecular weight excluding hydrogens is 250 g/mol. The van der Waals surface area contributed by atoms with Crippen molar-refractivity contribution in [2.75, 3.05) is 26.3 Å². The largest absolute Gasteiger partial charge is 0.478 e. The van der Waals surface area contributed by atoms with Gasteiger partial charge in [0.15, 0.2) is 5.76 Å². The number of hydrogen-bond donors (Lipinski definition) is 1. The van der Waals surface area contributed by atoms with E-state index in [1.807, 2.05) is 0 Å². The molecule has 0 radical (unpaired) electrons. The van der Waals surface area contributed by atoms with Crippen molar-refractivity contribution < 1.29 is 23.8 Å². The summed E-state index contributed by atoms with van der Waals surface area (Å²) >= 11 is 0. The van der Waals surface area contributed by atoms with Gasteiger partial charge in [-0.15, -0.1) is 0 Å². The van der Waals surface area contributed by atoms with E-state index >= 15 is 0 Å². The van der Waals surface area contributed by atoms with Crippen LogP contribution in [0.3, 0.4) is 0 Å².